The first kappa shape index (κ1) is 16.2. The number of alkyl halides is 2. The van der Waals surface area contributed by atoms with E-state index < -0.39 is 6.43 Å². The second-order valence-electron chi connectivity index (χ2n) is 4.37. The van der Waals surface area contributed by atoms with E-state index in [1.165, 1.54) is 12.1 Å². The summed E-state index contributed by atoms with van der Waals surface area (Å²) in [5.74, 6) is 0.696. The summed E-state index contributed by atoms with van der Waals surface area (Å²) in [6.45, 7) is 0.448. The molecule has 2 nitrogen and oxygen atoms in total. The predicted molar refractivity (Wildman–Crippen MR) is 87.1 cm³/mol. The Morgan fingerprint density at radius 2 is 1.90 bits per heavy atom. The summed E-state index contributed by atoms with van der Waals surface area (Å²) < 4.78 is 32.3. The van der Waals surface area contributed by atoms with Crippen molar-refractivity contribution in [2.24, 2.45) is 0 Å². The molecule has 21 heavy (non-hydrogen) atoms. The van der Waals surface area contributed by atoms with Gasteiger partial charge in [-0.1, -0.05) is 18.2 Å². The first-order chi connectivity index (χ1) is 10.0. The highest BCUT2D eigenvalue weighted by atomic mass is 79.9. The van der Waals surface area contributed by atoms with Crippen LogP contribution in [-0.2, 0) is 6.54 Å². The van der Waals surface area contributed by atoms with Crippen molar-refractivity contribution < 1.29 is 13.5 Å². The highest BCUT2D eigenvalue weighted by molar-refractivity contribution is 9.11. The van der Waals surface area contributed by atoms with Crippen LogP contribution < -0.4 is 10.1 Å². The molecular formula is C15H13Br2F2NO. The molecule has 0 atom stereocenters. The van der Waals surface area contributed by atoms with Gasteiger partial charge in [-0.3, -0.25) is 0 Å². The summed E-state index contributed by atoms with van der Waals surface area (Å²) in [5.41, 5.74) is 1.65. The van der Waals surface area contributed by atoms with E-state index in [0.29, 0.717) is 12.3 Å². The van der Waals surface area contributed by atoms with E-state index in [-0.39, 0.29) is 5.56 Å². The first-order valence-electron chi connectivity index (χ1n) is 6.15. The molecule has 0 aliphatic carbocycles. The molecule has 0 saturated heterocycles. The van der Waals surface area contributed by atoms with Crippen molar-refractivity contribution in [1.82, 2.24) is 0 Å². The molecule has 0 amide bonds. The lowest BCUT2D eigenvalue weighted by atomic mass is 10.1. The number of anilines is 1. The van der Waals surface area contributed by atoms with E-state index in [1.54, 1.807) is 13.2 Å². The van der Waals surface area contributed by atoms with Crippen LogP contribution in [0.3, 0.4) is 0 Å². The van der Waals surface area contributed by atoms with Crippen LogP contribution in [0.1, 0.15) is 17.6 Å². The van der Waals surface area contributed by atoms with Gasteiger partial charge >= 0.3 is 0 Å². The van der Waals surface area contributed by atoms with Crippen LogP contribution in [0.5, 0.6) is 5.75 Å². The fourth-order valence-corrected chi connectivity index (χ4v) is 3.15. The molecule has 0 radical (unpaired) electrons. The second kappa shape index (κ2) is 7.22. The molecule has 0 unspecified atom stereocenters. The average molecular weight is 421 g/mol. The zero-order valence-corrected chi connectivity index (χ0v) is 14.3. The van der Waals surface area contributed by atoms with Crippen LogP contribution in [0.4, 0.5) is 14.5 Å². The van der Waals surface area contributed by atoms with E-state index in [1.807, 2.05) is 18.2 Å². The Hall–Kier alpha value is -1.14. The number of halogens is 4. The standard InChI is InChI=1S/C15H13Br2F2NO/c1-21-14-7-13(11(16)6-12(14)17)20-8-9-3-2-4-10(5-9)15(18)19/h2-7,15,20H,8H2,1H3. The van der Waals surface area contributed by atoms with E-state index in [4.69, 9.17) is 4.74 Å². The van der Waals surface area contributed by atoms with Crippen LogP contribution in [0, 0.1) is 0 Å². The van der Waals surface area contributed by atoms with Crippen LogP contribution >= 0.6 is 31.9 Å². The summed E-state index contributed by atoms with van der Waals surface area (Å²) in [6, 6.07) is 10.1. The van der Waals surface area contributed by atoms with Crippen molar-refractivity contribution in [2.45, 2.75) is 13.0 Å². The number of rotatable bonds is 5. The van der Waals surface area contributed by atoms with E-state index in [9.17, 15) is 8.78 Å². The predicted octanol–water partition coefficient (Wildman–Crippen LogP) is 5.77. The van der Waals surface area contributed by atoms with Crippen LogP contribution in [0.15, 0.2) is 45.3 Å². The molecule has 0 bridgehead atoms. The van der Waals surface area contributed by atoms with Crippen molar-refractivity contribution >= 4 is 37.5 Å². The highest BCUT2D eigenvalue weighted by Gasteiger charge is 2.09. The zero-order valence-electron chi connectivity index (χ0n) is 11.2. The van der Waals surface area contributed by atoms with Gasteiger partial charge in [0, 0.05) is 22.6 Å². The summed E-state index contributed by atoms with van der Waals surface area (Å²) in [5, 5.41) is 3.20. The molecule has 0 fully saturated rings. The molecule has 2 aromatic rings. The largest absolute Gasteiger partial charge is 0.495 e. The Kier molecular flexibility index (Phi) is 5.58. The smallest absolute Gasteiger partial charge is 0.263 e. The summed E-state index contributed by atoms with van der Waals surface area (Å²) >= 11 is 6.85. The minimum atomic E-state index is -2.45. The number of benzene rings is 2. The van der Waals surface area contributed by atoms with Gasteiger partial charge in [0.15, 0.2) is 0 Å². The maximum absolute atomic E-state index is 12.7. The number of nitrogens with one attached hydrogen (secondary N) is 1. The minimum absolute atomic E-state index is 0.0294. The molecule has 0 spiro atoms. The average Bonchev–Trinajstić information content (AvgIpc) is 2.46. The molecule has 6 heteroatoms. The van der Waals surface area contributed by atoms with Gasteiger partial charge in [0.1, 0.15) is 5.75 Å². The van der Waals surface area contributed by atoms with Gasteiger partial charge < -0.3 is 10.1 Å². The number of methoxy groups -OCH3 is 1. The maximum Gasteiger partial charge on any atom is 0.263 e. The van der Waals surface area contributed by atoms with Crippen molar-refractivity contribution in [3.05, 3.63) is 56.5 Å². The van der Waals surface area contributed by atoms with E-state index >= 15 is 0 Å². The van der Waals surface area contributed by atoms with Gasteiger partial charge in [0.05, 0.1) is 17.3 Å². The van der Waals surface area contributed by atoms with Crippen molar-refractivity contribution in [3.63, 3.8) is 0 Å². The quantitative estimate of drug-likeness (QED) is 0.662. The third-order valence-corrected chi connectivity index (χ3v) is 4.20. The van der Waals surface area contributed by atoms with Crippen LogP contribution in [0.25, 0.3) is 0 Å². The summed E-state index contributed by atoms with van der Waals surface area (Å²) in [4.78, 5) is 0. The third kappa shape index (κ3) is 4.17. The molecule has 0 aromatic heterocycles. The Labute approximate surface area is 138 Å². The fraction of sp³-hybridized carbons (Fsp3) is 0.200. The van der Waals surface area contributed by atoms with Crippen molar-refractivity contribution in [3.8, 4) is 5.75 Å². The Morgan fingerprint density at radius 3 is 2.57 bits per heavy atom. The molecule has 2 aromatic carbocycles. The fourth-order valence-electron chi connectivity index (χ4n) is 1.86. The number of hydrogen-bond acceptors (Lipinski definition) is 2. The lowest BCUT2D eigenvalue weighted by Crippen LogP contribution is -2.01. The van der Waals surface area contributed by atoms with E-state index in [2.05, 4.69) is 37.2 Å². The lowest BCUT2D eigenvalue weighted by molar-refractivity contribution is 0.151. The Bertz CT molecular complexity index is 635. The van der Waals surface area contributed by atoms with E-state index in [0.717, 1.165) is 20.2 Å². The normalized spacial score (nSPS) is 10.8. The van der Waals surface area contributed by atoms with Gasteiger partial charge in [-0.25, -0.2) is 8.78 Å². The Balaban J connectivity index is 2.14. The monoisotopic (exact) mass is 419 g/mol. The Morgan fingerprint density at radius 1 is 1.14 bits per heavy atom. The number of ether oxygens (including phenoxy) is 1. The zero-order chi connectivity index (χ0) is 15.4. The van der Waals surface area contributed by atoms with Crippen molar-refractivity contribution in [2.75, 3.05) is 12.4 Å². The molecule has 0 heterocycles. The molecular weight excluding hydrogens is 408 g/mol. The van der Waals surface area contributed by atoms with Gasteiger partial charge in [-0.15, -0.1) is 0 Å². The molecule has 0 aliphatic heterocycles. The van der Waals surface area contributed by atoms with Crippen LogP contribution in [-0.4, -0.2) is 7.11 Å². The highest BCUT2D eigenvalue weighted by Crippen LogP contribution is 2.34. The van der Waals surface area contributed by atoms with Gasteiger partial charge in [0.2, 0.25) is 0 Å². The molecule has 2 rings (SSSR count). The van der Waals surface area contributed by atoms with Gasteiger partial charge in [0.25, 0.3) is 6.43 Å². The lowest BCUT2D eigenvalue weighted by Gasteiger charge is -2.12. The minimum Gasteiger partial charge on any atom is -0.495 e. The summed E-state index contributed by atoms with van der Waals surface area (Å²) in [6.07, 6.45) is -2.45. The molecule has 112 valence electrons. The number of hydrogen-bond donors (Lipinski definition) is 1. The first-order valence-corrected chi connectivity index (χ1v) is 7.73. The van der Waals surface area contributed by atoms with Crippen LogP contribution in [0.2, 0.25) is 0 Å². The SMILES string of the molecule is COc1cc(NCc2cccc(C(F)F)c2)c(Br)cc1Br. The topological polar surface area (TPSA) is 21.3 Å². The molecule has 1 N–H and O–H groups in total. The third-order valence-electron chi connectivity index (χ3n) is 2.93. The molecule has 0 aliphatic rings. The second-order valence-corrected chi connectivity index (χ2v) is 6.07. The van der Waals surface area contributed by atoms with Gasteiger partial charge in [-0.2, -0.15) is 0 Å². The van der Waals surface area contributed by atoms with Gasteiger partial charge in [-0.05, 0) is 49.6 Å². The molecule has 0 saturated carbocycles. The summed E-state index contributed by atoms with van der Waals surface area (Å²) in [7, 11) is 1.59. The maximum atomic E-state index is 12.7. The van der Waals surface area contributed by atoms with Crippen molar-refractivity contribution in [1.29, 1.82) is 0 Å².